The smallest absolute Gasteiger partial charge is 0.251 e. The van der Waals surface area contributed by atoms with Crippen LogP contribution in [0.2, 0.25) is 5.02 Å². The third-order valence-electron chi connectivity index (χ3n) is 6.56. The number of halogens is 1. The summed E-state index contributed by atoms with van der Waals surface area (Å²) < 4.78 is 33.9. The van der Waals surface area contributed by atoms with Gasteiger partial charge in [-0.25, -0.2) is 13.1 Å². The van der Waals surface area contributed by atoms with Gasteiger partial charge in [-0.15, -0.1) is 0 Å². The summed E-state index contributed by atoms with van der Waals surface area (Å²) in [5.41, 5.74) is 1.13. The molecule has 172 valence electrons. The highest BCUT2D eigenvalue weighted by Crippen LogP contribution is 2.35. The average Bonchev–Trinajstić information content (AvgIpc) is 3.30. The number of nitrogens with one attached hydrogen (secondary N) is 2. The van der Waals surface area contributed by atoms with E-state index in [1.165, 1.54) is 12.1 Å². The Bertz CT molecular complexity index is 1060. The summed E-state index contributed by atoms with van der Waals surface area (Å²) in [5.74, 6) is -0.296. The highest BCUT2D eigenvalue weighted by molar-refractivity contribution is 7.89. The van der Waals surface area contributed by atoms with Gasteiger partial charge in [-0.3, -0.25) is 4.79 Å². The molecule has 0 aromatic heterocycles. The van der Waals surface area contributed by atoms with Crippen LogP contribution in [0.1, 0.15) is 54.4 Å². The van der Waals surface area contributed by atoms with E-state index < -0.39 is 10.0 Å². The van der Waals surface area contributed by atoms with Crippen molar-refractivity contribution >= 4 is 27.5 Å². The number of sulfonamides is 1. The van der Waals surface area contributed by atoms with Crippen molar-refractivity contribution in [2.24, 2.45) is 0 Å². The molecule has 1 saturated carbocycles. The summed E-state index contributed by atoms with van der Waals surface area (Å²) in [6.07, 6.45) is 5.33. The van der Waals surface area contributed by atoms with Gasteiger partial charge >= 0.3 is 0 Å². The molecular weight excluding hydrogens is 448 g/mol. The van der Waals surface area contributed by atoms with Gasteiger partial charge in [0, 0.05) is 41.8 Å². The second-order valence-electron chi connectivity index (χ2n) is 8.72. The van der Waals surface area contributed by atoms with Gasteiger partial charge in [0.1, 0.15) is 0 Å². The van der Waals surface area contributed by atoms with Gasteiger partial charge in [0.15, 0.2) is 0 Å². The van der Waals surface area contributed by atoms with E-state index in [0.29, 0.717) is 30.3 Å². The van der Waals surface area contributed by atoms with Gasteiger partial charge in [-0.05, 0) is 61.6 Å². The maximum absolute atomic E-state index is 13.0. The fraction of sp³-hybridized carbons (Fsp3) is 0.458. The van der Waals surface area contributed by atoms with Crippen LogP contribution in [0.5, 0.6) is 0 Å². The maximum Gasteiger partial charge on any atom is 0.251 e. The Morgan fingerprint density at radius 3 is 2.50 bits per heavy atom. The van der Waals surface area contributed by atoms with E-state index in [1.54, 1.807) is 12.1 Å². The van der Waals surface area contributed by atoms with Crippen LogP contribution in [0.25, 0.3) is 0 Å². The number of rotatable bonds is 7. The van der Waals surface area contributed by atoms with Crippen LogP contribution < -0.4 is 10.0 Å². The van der Waals surface area contributed by atoms with Crippen LogP contribution in [0, 0.1) is 0 Å². The van der Waals surface area contributed by atoms with E-state index in [9.17, 15) is 13.2 Å². The normalized spacial score (nSPS) is 19.0. The first kappa shape index (κ1) is 23.2. The molecule has 8 heteroatoms. The number of hydrogen-bond acceptors (Lipinski definition) is 4. The molecule has 2 aromatic rings. The Hall–Kier alpha value is -1.93. The SMILES string of the molecule is O=C(NCC1(c2cccc(Cl)c2)CCOCC1)c1cccc(S(=O)(=O)NC2CCCC2)c1. The van der Waals surface area contributed by atoms with Gasteiger partial charge in [-0.2, -0.15) is 0 Å². The maximum atomic E-state index is 13.0. The van der Waals surface area contributed by atoms with Crippen LogP contribution in [0.15, 0.2) is 53.4 Å². The van der Waals surface area contributed by atoms with Crippen LogP contribution >= 0.6 is 11.6 Å². The van der Waals surface area contributed by atoms with Crippen molar-refractivity contribution in [2.75, 3.05) is 19.8 Å². The van der Waals surface area contributed by atoms with Gasteiger partial charge in [-0.1, -0.05) is 42.6 Å². The Labute approximate surface area is 194 Å². The van der Waals surface area contributed by atoms with Gasteiger partial charge in [0.2, 0.25) is 10.0 Å². The second-order valence-corrected chi connectivity index (χ2v) is 10.9. The van der Waals surface area contributed by atoms with Crippen molar-refractivity contribution in [1.82, 2.24) is 10.0 Å². The quantitative estimate of drug-likeness (QED) is 0.631. The predicted octanol–water partition coefficient (Wildman–Crippen LogP) is 4.04. The summed E-state index contributed by atoms with van der Waals surface area (Å²) in [6, 6.07) is 13.9. The van der Waals surface area contributed by atoms with Crippen LogP contribution in [0.4, 0.5) is 0 Å². The molecule has 0 bridgehead atoms. The Morgan fingerprint density at radius 2 is 1.78 bits per heavy atom. The molecule has 6 nitrogen and oxygen atoms in total. The summed E-state index contributed by atoms with van der Waals surface area (Å²) in [6.45, 7) is 1.65. The van der Waals surface area contributed by atoms with Crippen LogP contribution in [-0.4, -0.2) is 40.1 Å². The van der Waals surface area contributed by atoms with Crippen molar-refractivity contribution < 1.29 is 17.9 Å². The Kier molecular flexibility index (Phi) is 7.20. The molecule has 1 aliphatic carbocycles. The van der Waals surface area contributed by atoms with Crippen molar-refractivity contribution in [3.05, 3.63) is 64.7 Å². The molecular formula is C24H29ClN2O4S. The molecule has 2 fully saturated rings. The lowest BCUT2D eigenvalue weighted by Gasteiger charge is -2.38. The second kappa shape index (κ2) is 9.91. The van der Waals surface area contributed by atoms with Crippen molar-refractivity contribution in [1.29, 1.82) is 0 Å². The molecule has 32 heavy (non-hydrogen) atoms. The number of carbonyl (C=O) groups is 1. The lowest BCUT2D eigenvalue weighted by molar-refractivity contribution is 0.0487. The van der Waals surface area contributed by atoms with Gasteiger partial charge < -0.3 is 10.1 Å². The predicted molar refractivity (Wildman–Crippen MR) is 125 cm³/mol. The van der Waals surface area contributed by atoms with Crippen molar-refractivity contribution in [2.45, 2.75) is 54.9 Å². The van der Waals surface area contributed by atoms with Crippen LogP contribution in [-0.2, 0) is 20.2 Å². The summed E-state index contributed by atoms with van der Waals surface area (Å²) in [5, 5.41) is 3.69. The molecule has 2 aliphatic rings. The average molecular weight is 477 g/mol. The molecule has 0 spiro atoms. The van der Waals surface area contributed by atoms with Gasteiger partial charge in [0.05, 0.1) is 4.90 Å². The Balaban J connectivity index is 1.49. The first-order valence-corrected chi connectivity index (χ1v) is 13.0. The zero-order chi connectivity index (χ0) is 22.6. The van der Waals surface area contributed by atoms with E-state index in [0.717, 1.165) is 44.1 Å². The summed E-state index contributed by atoms with van der Waals surface area (Å²) >= 11 is 6.22. The fourth-order valence-electron chi connectivity index (χ4n) is 4.64. The zero-order valence-electron chi connectivity index (χ0n) is 18.0. The highest BCUT2D eigenvalue weighted by Gasteiger charge is 2.35. The Morgan fingerprint density at radius 1 is 1.06 bits per heavy atom. The molecule has 0 atom stereocenters. The minimum atomic E-state index is -3.66. The minimum absolute atomic E-state index is 0.0245. The minimum Gasteiger partial charge on any atom is -0.381 e. The molecule has 1 heterocycles. The topological polar surface area (TPSA) is 84.5 Å². The lowest BCUT2D eigenvalue weighted by Crippen LogP contribution is -2.44. The third-order valence-corrected chi connectivity index (χ3v) is 8.31. The zero-order valence-corrected chi connectivity index (χ0v) is 19.6. The van der Waals surface area contributed by atoms with Crippen molar-refractivity contribution in [3.8, 4) is 0 Å². The fourth-order valence-corrected chi connectivity index (χ4v) is 6.18. The highest BCUT2D eigenvalue weighted by atomic mass is 35.5. The van der Waals surface area contributed by atoms with Crippen LogP contribution in [0.3, 0.4) is 0 Å². The first-order valence-electron chi connectivity index (χ1n) is 11.1. The first-order chi connectivity index (χ1) is 15.4. The summed E-state index contributed by atoms with van der Waals surface area (Å²) in [4.78, 5) is 13.1. The number of hydrogen-bond donors (Lipinski definition) is 2. The largest absolute Gasteiger partial charge is 0.381 e. The van der Waals surface area contributed by atoms with E-state index in [4.69, 9.17) is 16.3 Å². The number of benzene rings is 2. The lowest BCUT2D eigenvalue weighted by atomic mass is 9.74. The molecule has 2 N–H and O–H groups in total. The number of ether oxygens (including phenoxy) is 1. The summed E-state index contributed by atoms with van der Waals surface area (Å²) in [7, 11) is -3.66. The van der Waals surface area contributed by atoms with E-state index in [-0.39, 0.29) is 22.3 Å². The van der Waals surface area contributed by atoms with E-state index in [2.05, 4.69) is 10.0 Å². The molecule has 0 unspecified atom stereocenters. The third kappa shape index (κ3) is 5.34. The standard InChI is InChI=1S/C24H29ClN2O4S/c25-20-7-4-6-19(16-20)24(11-13-31-14-12-24)17-26-23(28)18-5-3-10-22(15-18)32(29,30)27-21-8-1-2-9-21/h3-7,10,15-16,21,27H,1-2,8-9,11-14,17H2,(H,26,28). The molecule has 1 amide bonds. The van der Waals surface area contributed by atoms with Gasteiger partial charge in [0.25, 0.3) is 5.91 Å². The molecule has 1 aliphatic heterocycles. The molecule has 0 radical (unpaired) electrons. The van der Waals surface area contributed by atoms with E-state index in [1.807, 2.05) is 24.3 Å². The number of amides is 1. The monoisotopic (exact) mass is 476 g/mol. The van der Waals surface area contributed by atoms with Crippen molar-refractivity contribution in [3.63, 3.8) is 0 Å². The molecule has 2 aromatic carbocycles. The molecule has 4 rings (SSSR count). The number of carbonyl (C=O) groups excluding carboxylic acids is 1. The molecule has 1 saturated heterocycles. The van der Waals surface area contributed by atoms with E-state index >= 15 is 0 Å².